The van der Waals surface area contributed by atoms with Crippen LogP contribution < -0.4 is 5.32 Å². The minimum Gasteiger partial charge on any atom is -0.338 e. The van der Waals surface area contributed by atoms with E-state index in [1.807, 2.05) is 0 Å². The number of pyridine rings is 1. The predicted octanol–water partition coefficient (Wildman–Crippen LogP) is 4.10. The Morgan fingerprint density at radius 1 is 1.17 bits per heavy atom. The first-order valence-electron chi connectivity index (χ1n) is 4.95. The summed E-state index contributed by atoms with van der Waals surface area (Å²) < 4.78 is 0. The van der Waals surface area contributed by atoms with Crippen LogP contribution in [0.4, 0.5) is 17.2 Å². The van der Waals surface area contributed by atoms with Crippen LogP contribution >= 0.6 is 23.2 Å². The summed E-state index contributed by atoms with van der Waals surface area (Å²) in [5.41, 5.74) is 1.01. The van der Waals surface area contributed by atoms with Gasteiger partial charge in [0.2, 0.25) is 6.08 Å². The van der Waals surface area contributed by atoms with Crippen LogP contribution in [0.25, 0.3) is 0 Å². The Morgan fingerprint density at radius 3 is 2.61 bits per heavy atom. The van der Waals surface area contributed by atoms with Crippen molar-refractivity contribution in [3.8, 4) is 0 Å². The molecule has 2 aromatic rings. The summed E-state index contributed by atoms with van der Waals surface area (Å²) >= 11 is 11.6. The Balaban J connectivity index is 2.35. The maximum absolute atomic E-state index is 10.3. The van der Waals surface area contributed by atoms with Gasteiger partial charge in [0, 0.05) is 11.2 Å². The van der Waals surface area contributed by atoms with Gasteiger partial charge in [-0.1, -0.05) is 23.2 Å². The molecule has 2 rings (SSSR count). The maximum atomic E-state index is 10.3. The van der Waals surface area contributed by atoms with Crippen LogP contribution in [0.3, 0.4) is 0 Å². The first-order chi connectivity index (χ1) is 8.69. The van der Waals surface area contributed by atoms with E-state index in [0.29, 0.717) is 27.2 Å². The van der Waals surface area contributed by atoms with Crippen molar-refractivity contribution in [1.82, 2.24) is 4.98 Å². The molecule has 0 radical (unpaired) electrons. The SMILES string of the molecule is O=C=Nc1ccc(Cl)cc1Nc1ccc(Cl)cn1. The Bertz CT molecular complexity index is 607. The maximum Gasteiger partial charge on any atom is 0.240 e. The van der Waals surface area contributed by atoms with Crippen molar-refractivity contribution in [3.05, 3.63) is 46.6 Å². The van der Waals surface area contributed by atoms with E-state index in [-0.39, 0.29) is 0 Å². The first-order valence-corrected chi connectivity index (χ1v) is 5.70. The molecule has 0 saturated carbocycles. The van der Waals surface area contributed by atoms with Crippen molar-refractivity contribution >= 4 is 46.5 Å². The Labute approximate surface area is 113 Å². The summed E-state index contributed by atoms with van der Waals surface area (Å²) in [5.74, 6) is 0.573. The Kier molecular flexibility index (Phi) is 3.95. The molecule has 0 aliphatic heterocycles. The van der Waals surface area contributed by atoms with Crippen molar-refractivity contribution in [1.29, 1.82) is 0 Å². The van der Waals surface area contributed by atoms with E-state index in [0.717, 1.165) is 0 Å². The molecule has 0 amide bonds. The van der Waals surface area contributed by atoms with Crippen molar-refractivity contribution < 1.29 is 4.79 Å². The molecular weight excluding hydrogens is 273 g/mol. The van der Waals surface area contributed by atoms with E-state index >= 15 is 0 Å². The lowest BCUT2D eigenvalue weighted by atomic mass is 10.2. The molecule has 0 spiro atoms. The predicted molar refractivity (Wildman–Crippen MR) is 71.8 cm³/mol. The number of hydrogen-bond donors (Lipinski definition) is 1. The van der Waals surface area contributed by atoms with Gasteiger partial charge in [-0.25, -0.2) is 9.78 Å². The second-order valence-electron chi connectivity index (χ2n) is 3.35. The molecular formula is C12H7Cl2N3O. The van der Waals surface area contributed by atoms with Crippen molar-refractivity contribution in [2.75, 3.05) is 5.32 Å². The number of nitrogens with one attached hydrogen (secondary N) is 1. The van der Waals surface area contributed by atoms with Crippen LogP contribution in [0.5, 0.6) is 0 Å². The number of halogens is 2. The van der Waals surface area contributed by atoms with Gasteiger partial charge in [0.15, 0.2) is 0 Å². The highest BCUT2D eigenvalue weighted by atomic mass is 35.5. The molecule has 1 heterocycles. The summed E-state index contributed by atoms with van der Waals surface area (Å²) in [6.45, 7) is 0. The molecule has 0 unspecified atom stereocenters. The lowest BCUT2D eigenvalue weighted by molar-refractivity contribution is 0.565. The number of benzene rings is 1. The van der Waals surface area contributed by atoms with Crippen LogP contribution in [0, 0.1) is 0 Å². The molecule has 0 atom stereocenters. The quantitative estimate of drug-likeness (QED) is 0.680. The second kappa shape index (κ2) is 5.65. The van der Waals surface area contributed by atoms with Gasteiger partial charge in [0.05, 0.1) is 16.4 Å². The zero-order chi connectivity index (χ0) is 13.0. The molecule has 1 aromatic heterocycles. The number of isocyanates is 1. The van der Waals surface area contributed by atoms with E-state index in [1.165, 1.54) is 12.3 Å². The van der Waals surface area contributed by atoms with E-state index in [9.17, 15) is 4.79 Å². The molecule has 0 aliphatic carbocycles. The molecule has 0 fully saturated rings. The van der Waals surface area contributed by atoms with Gasteiger partial charge in [0.1, 0.15) is 5.82 Å². The summed E-state index contributed by atoms with van der Waals surface area (Å²) in [4.78, 5) is 18.0. The molecule has 6 heteroatoms. The molecule has 1 aromatic carbocycles. The standard InChI is InChI=1S/C12H7Cl2N3O/c13-8-1-3-10(16-7-18)11(5-8)17-12-4-2-9(14)6-15-12/h1-6H,(H,15,17). The van der Waals surface area contributed by atoms with E-state index in [2.05, 4.69) is 15.3 Å². The van der Waals surface area contributed by atoms with Crippen LogP contribution in [0.15, 0.2) is 41.5 Å². The summed E-state index contributed by atoms with van der Waals surface area (Å²) in [6.07, 6.45) is 3.00. The van der Waals surface area contributed by atoms with Crippen LogP contribution in [-0.4, -0.2) is 11.1 Å². The number of hydrogen-bond acceptors (Lipinski definition) is 4. The minimum atomic E-state index is 0.436. The summed E-state index contributed by atoms with van der Waals surface area (Å²) in [7, 11) is 0. The topological polar surface area (TPSA) is 54.4 Å². The van der Waals surface area contributed by atoms with Crippen molar-refractivity contribution in [2.24, 2.45) is 4.99 Å². The molecule has 0 saturated heterocycles. The van der Waals surface area contributed by atoms with Crippen LogP contribution in [-0.2, 0) is 4.79 Å². The fourth-order valence-electron chi connectivity index (χ4n) is 1.34. The number of rotatable bonds is 3. The lowest BCUT2D eigenvalue weighted by Gasteiger charge is -2.08. The molecule has 0 bridgehead atoms. The Morgan fingerprint density at radius 2 is 1.94 bits per heavy atom. The van der Waals surface area contributed by atoms with Gasteiger partial charge in [-0.3, -0.25) is 0 Å². The molecule has 90 valence electrons. The highest BCUT2D eigenvalue weighted by Crippen LogP contribution is 2.30. The van der Waals surface area contributed by atoms with Gasteiger partial charge in [-0.05, 0) is 30.3 Å². The molecule has 18 heavy (non-hydrogen) atoms. The summed E-state index contributed by atoms with van der Waals surface area (Å²) in [5, 5.41) is 4.06. The number of anilines is 2. The van der Waals surface area contributed by atoms with Crippen molar-refractivity contribution in [3.63, 3.8) is 0 Å². The van der Waals surface area contributed by atoms with E-state index in [4.69, 9.17) is 23.2 Å². The third kappa shape index (κ3) is 3.08. The average Bonchev–Trinajstić information content (AvgIpc) is 2.36. The zero-order valence-electron chi connectivity index (χ0n) is 9.02. The molecule has 0 aliphatic rings. The highest BCUT2D eigenvalue weighted by molar-refractivity contribution is 6.31. The van der Waals surface area contributed by atoms with Gasteiger partial charge in [-0.15, -0.1) is 0 Å². The van der Waals surface area contributed by atoms with Gasteiger partial charge in [-0.2, -0.15) is 4.99 Å². The second-order valence-corrected chi connectivity index (χ2v) is 4.22. The van der Waals surface area contributed by atoms with E-state index < -0.39 is 0 Å². The number of aromatic nitrogens is 1. The minimum absolute atomic E-state index is 0.436. The highest BCUT2D eigenvalue weighted by Gasteiger charge is 2.04. The Hall–Kier alpha value is -1.87. The van der Waals surface area contributed by atoms with Gasteiger partial charge >= 0.3 is 0 Å². The smallest absolute Gasteiger partial charge is 0.240 e. The number of aliphatic imine (C=N–C) groups is 1. The third-order valence-corrected chi connectivity index (χ3v) is 2.57. The van der Waals surface area contributed by atoms with Crippen molar-refractivity contribution in [2.45, 2.75) is 0 Å². The first kappa shape index (κ1) is 12.6. The van der Waals surface area contributed by atoms with Gasteiger partial charge < -0.3 is 5.32 Å². The number of carbonyl (C=O) groups excluding carboxylic acids is 1. The largest absolute Gasteiger partial charge is 0.338 e. The average molecular weight is 280 g/mol. The lowest BCUT2D eigenvalue weighted by Crippen LogP contribution is -1.93. The third-order valence-electron chi connectivity index (χ3n) is 2.11. The van der Waals surface area contributed by atoms with Crippen LogP contribution in [0.2, 0.25) is 10.0 Å². The fraction of sp³-hybridized carbons (Fsp3) is 0. The normalized spacial score (nSPS) is 9.67. The summed E-state index contributed by atoms with van der Waals surface area (Å²) in [6, 6.07) is 8.31. The fourth-order valence-corrected chi connectivity index (χ4v) is 1.63. The monoisotopic (exact) mass is 279 g/mol. The number of nitrogens with zero attached hydrogens (tertiary/aromatic N) is 2. The van der Waals surface area contributed by atoms with Crippen LogP contribution in [0.1, 0.15) is 0 Å². The van der Waals surface area contributed by atoms with E-state index in [1.54, 1.807) is 30.3 Å². The molecule has 1 N–H and O–H groups in total. The zero-order valence-corrected chi connectivity index (χ0v) is 10.5. The van der Waals surface area contributed by atoms with Gasteiger partial charge in [0.25, 0.3) is 0 Å². The molecule has 4 nitrogen and oxygen atoms in total.